The van der Waals surface area contributed by atoms with Crippen LogP contribution in [0.3, 0.4) is 0 Å². The van der Waals surface area contributed by atoms with Crippen LogP contribution in [0, 0.1) is 16.0 Å². The smallest absolute Gasteiger partial charge is 0.356 e. The molecular formula is C10H9ClF3N3O2. The van der Waals surface area contributed by atoms with Gasteiger partial charge in [-0.3, -0.25) is 10.1 Å². The minimum absolute atomic E-state index is 0.0501. The van der Waals surface area contributed by atoms with Crippen molar-refractivity contribution < 1.29 is 18.1 Å². The van der Waals surface area contributed by atoms with Gasteiger partial charge in [0.2, 0.25) is 0 Å². The highest BCUT2D eigenvalue weighted by Gasteiger charge is 2.44. The molecule has 2 heterocycles. The molecule has 2 rings (SSSR count). The van der Waals surface area contributed by atoms with E-state index in [1.165, 1.54) is 4.90 Å². The third-order valence-electron chi connectivity index (χ3n) is 2.95. The van der Waals surface area contributed by atoms with E-state index < -0.39 is 17.0 Å². The third-order valence-corrected chi connectivity index (χ3v) is 3.14. The van der Waals surface area contributed by atoms with Crippen LogP contribution in [-0.2, 0) is 0 Å². The Morgan fingerprint density at radius 1 is 1.47 bits per heavy atom. The molecule has 0 aromatic carbocycles. The monoisotopic (exact) mass is 295 g/mol. The average molecular weight is 296 g/mol. The first-order valence-corrected chi connectivity index (χ1v) is 5.79. The lowest BCUT2D eigenvalue weighted by molar-refractivity contribution is -0.384. The second kappa shape index (κ2) is 4.84. The van der Waals surface area contributed by atoms with Gasteiger partial charge in [0.1, 0.15) is 11.0 Å². The Morgan fingerprint density at radius 2 is 2.16 bits per heavy atom. The average Bonchev–Trinajstić information content (AvgIpc) is 2.76. The lowest BCUT2D eigenvalue weighted by Gasteiger charge is -2.18. The van der Waals surface area contributed by atoms with Crippen LogP contribution in [-0.4, -0.2) is 29.2 Å². The molecule has 0 saturated carbocycles. The number of alkyl halides is 3. The van der Waals surface area contributed by atoms with Crippen LogP contribution in [0.2, 0.25) is 5.15 Å². The van der Waals surface area contributed by atoms with E-state index in [2.05, 4.69) is 4.98 Å². The normalized spacial score (nSPS) is 19.8. The van der Waals surface area contributed by atoms with Gasteiger partial charge in [-0.05, 0) is 6.42 Å². The van der Waals surface area contributed by atoms with E-state index in [0.29, 0.717) is 0 Å². The molecule has 1 aromatic heterocycles. The summed E-state index contributed by atoms with van der Waals surface area (Å²) in [6.07, 6.45) is -4.31. The largest absolute Gasteiger partial charge is 0.393 e. The van der Waals surface area contributed by atoms with E-state index in [9.17, 15) is 23.3 Å². The van der Waals surface area contributed by atoms with Crippen molar-refractivity contribution in [1.29, 1.82) is 0 Å². The number of nitro groups is 1. The first-order valence-electron chi connectivity index (χ1n) is 5.41. The molecule has 1 unspecified atom stereocenters. The van der Waals surface area contributed by atoms with Gasteiger partial charge in [-0.2, -0.15) is 13.2 Å². The summed E-state index contributed by atoms with van der Waals surface area (Å²) in [5, 5.41) is 10.6. The fraction of sp³-hybridized carbons (Fsp3) is 0.500. The zero-order valence-electron chi connectivity index (χ0n) is 9.52. The lowest BCUT2D eigenvalue weighted by atomic mass is 10.1. The molecular weight excluding hydrogens is 287 g/mol. The van der Waals surface area contributed by atoms with E-state index in [4.69, 9.17) is 11.6 Å². The molecule has 1 aromatic rings. The van der Waals surface area contributed by atoms with Gasteiger partial charge in [-0.15, -0.1) is 0 Å². The molecule has 1 aliphatic heterocycles. The van der Waals surface area contributed by atoms with Gasteiger partial charge >= 0.3 is 6.18 Å². The van der Waals surface area contributed by atoms with Gasteiger partial charge in [0.25, 0.3) is 5.69 Å². The zero-order valence-corrected chi connectivity index (χ0v) is 10.3. The molecule has 5 nitrogen and oxygen atoms in total. The predicted molar refractivity (Wildman–Crippen MR) is 62.3 cm³/mol. The minimum Gasteiger partial charge on any atom is -0.356 e. The third kappa shape index (κ3) is 3.06. The topological polar surface area (TPSA) is 59.3 Å². The number of aromatic nitrogens is 1. The van der Waals surface area contributed by atoms with Crippen LogP contribution < -0.4 is 4.90 Å². The maximum atomic E-state index is 12.6. The SMILES string of the molecule is O=[N+]([O-])c1cc(Cl)nc(N2CCC(C(F)(F)F)C2)c1. The second-order valence-corrected chi connectivity index (χ2v) is 4.62. The Labute approximate surface area is 111 Å². The molecule has 0 spiro atoms. The second-order valence-electron chi connectivity index (χ2n) is 4.24. The van der Waals surface area contributed by atoms with Crippen molar-refractivity contribution in [3.05, 3.63) is 27.4 Å². The van der Waals surface area contributed by atoms with Crippen LogP contribution in [0.25, 0.3) is 0 Å². The summed E-state index contributed by atoms with van der Waals surface area (Å²) >= 11 is 5.63. The summed E-state index contributed by atoms with van der Waals surface area (Å²) in [7, 11) is 0. The van der Waals surface area contributed by atoms with Crippen molar-refractivity contribution in [3.8, 4) is 0 Å². The molecule has 104 valence electrons. The molecule has 9 heteroatoms. The molecule has 1 fully saturated rings. The maximum Gasteiger partial charge on any atom is 0.393 e. The van der Waals surface area contributed by atoms with Crippen molar-refractivity contribution in [3.63, 3.8) is 0 Å². The summed E-state index contributed by atoms with van der Waals surface area (Å²) < 4.78 is 37.7. The fourth-order valence-corrected chi connectivity index (χ4v) is 2.17. The summed E-state index contributed by atoms with van der Waals surface area (Å²) in [6.45, 7) is -0.108. The maximum absolute atomic E-state index is 12.6. The molecule has 0 aliphatic carbocycles. The van der Waals surface area contributed by atoms with Gasteiger partial charge in [0.15, 0.2) is 0 Å². The summed E-state index contributed by atoms with van der Waals surface area (Å²) in [4.78, 5) is 15.2. The zero-order chi connectivity index (χ0) is 14.2. The molecule has 1 atom stereocenters. The highest BCUT2D eigenvalue weighted by Crippen LogP contribution is 2.35. The molecule has 0 N–H and O–H groups in total. The molecule has 1 aliphatic rings. The van der Waals surface area contributed by atoms with Gasteiger partial charge in [-0.1, -0.05) is 11.6 Å². The van der Waals surface area contributed by atoms with Gasteiger partial charge in [0, 0.05) is 13.1 Å². The van der Waals surface area contributed by atoms with Crippen LogP contribution >= 0.6 is 11.6 Å². The van der Waals surface area contributed by atoms with Crippen LogP contribution in [0.1, 0.15) is 6.42 Å². The van der Waals surface area contributed by atoms with Gasteiger partial charge < -0.3 is 4.90 Å². The van der Waals surface area contributed by atoms with Crippen molar-refractivity contribution in [2.24, 2.45) is 5.92 Å². The Hall–Kier alpha value is -1.57. The van der Waals surface area contributed by atoms with Gasteiger partial charge in [-0.25, -0.2) is 4.98 Å². The number of halogens is 4. The standard InChI is InChI=1S/C10H9ClF3N3O2/c11-8-3-7(17(18)19)4-9(15-8)16-2-1-6(5-16)10(12,13)14/h3-4,6H,1-2,5H2. The highest BCUT2D eigenvalue weighted by molar-refractivity contribution is 6.29. The number of anilines is 1. The van der Waals surface area contributed by atoms with Crippen molar-refractivity contribution in [2.75, 3.05) is 18.0 Å². The van der Waals surface area contributed by atoms with Crippen LogP contribution in [0.5, 0.6) is 0 Å². The Kier molecular flexibility index (Phi) is 3.53. The fourth-order valence-electron chi connectivity index (χ4n) is 1.97. The Balaban J connectivity index is 2.22. The highest BCUT2D eigenvalue weighted by atomic mass is 35.5. The molecule has 0 amide bonds. The molecule has 19 heavy (non-hydrogen) atoms. The predicted octanol–water partition coefficient (Wildman–Crippen LogP) is 3.03. The quantitative estimate of drug-likeness (QED) is 0.478. The number of nitrogens with zero attached hydrogens (tertiary/aromatic N) is 3. The van der Waals surface area contributed by atoms with E-state index in [1.807, 2.05) is 0 Å². The Morgan fingerprint density at radius 3 is 2.68 bits per heavy atom. The number of rotatable bonds is 2. The Bertz CT molecular complexity index is 509. The summed E-state index contributed by atoms with van der Waals surface area (Å²) in [5.41, 5.74) is -0.287. The van der Waals surface area contributed by atoms with E-state index in [1.54, 1.807) is 0 Å². The van der Waals surface area contributed by atoms with Crippen molar-refractivity contribution in [1.82, 2.24) is 4.98 Å². The molecule has 0 bridgehead atoms. The number of hydrogen-bond acceptors (Lipinski definition) is 4. The van der Waals surface area contributed by atoms with Gasteiger partial charge in [0.05, 0.1) is 23.0 Å². The van der Waals surface area contributed by atoms with Crippen molar-refractivity contribution in [2.45, 2.75) is 12.6 Å². The van der Waals surface area contributed by atoms with E-state index >= 15 is 0 Å². The number of pyridine rings is 1. The first-order chi connectivity index (χ1) is 8.77. The van der Waals surface area contributed by atoms with Crippen LogP contribution in [0.4, 0.5) is 24.7 Å². The lowest BCUT2D eigenvalue weighted by Crippen LogP contribution is -2.27. The summed E-state index contributed by atoms with van der Waals surface area (Å²) in [5.74, 6) is -1.33. The first kappa shape index (κ1) is 13.9. The summed E-state index contributed by atoms with van der Waals surface area (Å²) in [6, 6.07) is 2.19. The van der Waals surface area contributed by atoms with E-state index in [-0.39, 0.29) is 36.2 Å². The van der Waals surface area contributed by atoms with Crippen LogP contribution in [0.15, 0.2) is 12.1 Å². The molecule has 0 radical (unpaired) electrons. The molecule has 1 saturated heterocycles. The minimum atomic E-state index is -4.26. The van der Waals surface area contributed by atoms with Crippen molar-refractivity contribution >= 4 is 23.1 Å². The number of hydrogen-bond donors (Lipinski definition) is 0. The van der Waals surface area contributed by atoms with E-state index in [0.717, 1.165) is 12.1 Å².